The van der Waals surface area contributed by atoms with E-state index >= 15 is 0 Å². The number of hydrogen-bond acceptors (Lipinski definition) is 6. The predicted octanol–water partition coefficient (Wildman–Crippen LogP) is 5.09. The summed E-state index contributed by atoms with van der Waals surface area (Å²) in [6, 6.07) is 15.1. The van der Waals surface area contributed by atoms with Crippen LogP contribution in [0.3, 0.4) is 0 Å². The van der Waals surface area contributed by atoms with Gasteiger partial charge in [0, 0.05) is 39.7 Å². The highest BCUT2D eigenvalue weighted by molar-refractivity contribution is 7.80. The van der Waals surface area contributed by atoms with Gasteiger partial charge in [-0.3, -0.25) is 0 Å². The molecule has 1 aliphatic heterocycles. The zero-order chi connectivity index (χ0) is 20.9. The number of anilines is 2. The number of nitrogen functional groups attached to an aromatic ring is 1. The Balaban J connectivity index is 0.000000182. The van der Waals surface area contributed by atoms with Gasteiger partial charge in [0.05, 0.1) is 7.11 Å². The molecule has 30 heavy (non-hydrogen) atoms. The standard InChI is InChI=1S/C17H19N3O.C7H8OS/c1-10-4-7-20(10)11-2-3-14-12(8-11)15-13(16(18)19-21-15)9-17(14)5-6-17;1-8-6-4-2-3-5-7(6)9/h2-3,8,10H,4-7,9H2,1H3,(H2,18,19);2-5,9H,1H3. The molecule has 1 saturated heterocycles. The molecule has 0 amide bonds. The van der Waals surface area contributed by atoms with E-state index in [-0.39, 0.29) is 0 Å². The van der Waals surface area contributed by atoms with E-state index in [1.165, 1.54) is 36.1 Å². The third-order valence-electron chi connectivity index (χ3n) is 6.74. The SMILES string of the molecule is CC1CCN1c1ccc2c(c1)-c1onc(N)c1CC21CC1.COc1ccccc1S. The van der Waals surface area contributed by atoms with Gasteiger partial charge in [-0.1, -0.05) is 23.4 Å². The lowest BCUT2D eigenvalue weighted by Gasteiger charge is -2.41. The fourth-order valence-corrected chi connectivity index (χ4v) is 4.88. The van der Waals surface area contributed by atoms with Crippen molar-refractivity contribution in [3.63, 3.8) is 0 Å². The molecule has 5 nitrogen and oxygen atoms in total. The third-order valence-corrected chi connectivity index (χ3v) is 7.11. The van der Waals surface area contributed by atoms with Crippen molar-refractivity contribution in [3.05, 3.63) is 53.6 Å². The normalized spacial score (nSPS) is 19.8. The highest BCUT2D eigenvalue weighted by Crippen LogP contribution is 2.58. The highest BCUT2D eigenvalue weighted by Gasteiger charge is 2.50. The van der Waals surface area contributed by atoms with E-state index in [9.17, 15) is 0 Å². The van der Waals surface area contributed by atoms with Crippen molar-refractivity contribution in [3.8, 4) is 17.1 Å². The molecule has 1 spiro atoms. The van der Waals surface area contributed by atoms with Crippen LogP contribution in [0.1, 0.15) is 37.3 Å². The van der Waals surface area contributed by atoms with Gasteiger partial charge >= 0.3 is 0 Å². The van der Waals surface area contributed by atoms with E-state index in [0.29, 0.717) is 17.3 Å². The number of ether oxygens (including phenoxy) is 1. The summed E-state index contributed by atoms with van der Waals surface area (Å²) in [4.78, 5) is 3.33. The molecule has 2 fully saturated rings. The van der Waals surface area contributed by atoms with Crippen molar-refractivity contribution in [1.29, 1.82) is 0 Å². The molecule has 1 aromatic heterocycles. The largest absolute Gasteiger partial charge is 0.496 e. The Hall–Kier alpha value is -2.60. The van der Waals surface area contributed by atoms with Gasteiger partial charge in [-0.2, -0.15) is 0 Å². The summed E-state index contributed by atoms with van der Waals surface area (Å²) in [5.74, 6) is 2.29. The number of benzene rings is 2. The fourth-order valence-electron chi connectivity index (χ4n) is 4.63. The zero-order valence-electron chi connectivity index (χ0n) is 17.4. The van der Waals surface area contributed by atoms with Crippen molar-refractivity contribution < 1.29 is 9.26 Å². The molecule has 156 valence electrons. The maximum absolute atomic E-state index is 6.01. The monoisotopic (exact) mass is 421 g/mol. The Morgan fingerprint density at radius 2 is 2.03 bits per heavy atom. The molecular formula is C24H27N3O2S. The predicted molar refractivity (Wildman–Crippen MR) is 123 cm³/mol. The van der Waals surface area contributed by atoms with E-state index in [1.807, 2.05) is 24.3 Å². The Morgan fingerprint density at radius 3 is 2.63 bits per heavy atom. The molecule has 6 rings (SSSR count). The van der Waals surface area contributed by atoms with Gasteiger partial charge in [-0.05, 0) is 62.4 Å². The number of para-hydroxylation sites is 1. The quantitative estimate of drug-likeness (QED) is 0.564. The fraction of sp³-hybridized carbons (Fsp3) is 0.375. The van der Waals surface area contributed by atoms with Crippen LogP contribution in [0.2, 0.25) is 0 Å². The lowest BCUT2D eigenvalue weighted by atomic mass is 9.79. The summed E-state index contributed by atoms with van der Waals surface area (Å²) >= 11 is 4.15. The average Bonchev–Trinajstić information content (AvgIpc) is 3.42. The highest BCUT2D eigenvalue weighted by atomic mass is 32.1. The van der Waals surface area contributed by atoms with Crippen LogP contribution >= 0.6 is 12.6 Å². The second kappa shape index (κ2) is 7.27. The summed E-state index contributed by atoms with van der Waals surface area (Å²) in [7, 11) is 1.63. The summed E-state index contributed by atoms with van der Waals surface area (Å²) < 4.78 is 10.5. The van der Waals surface area contributed by atoms with Crippen molar-refractivity contribution in [2.75, 3.05) is 24.3 Å². The lowest BCUT2D eigenvalue weighted by molar-refractivity contribution is 0.405. The molecule has 2 aliphatic carbocycles. The van der Waals surface area contributed by atoms with Crippen LogP contribution < -0.4 is 15.4 Å². The minimum atomic E-state index is 0.307. The van der Waals surface area contributed by atoms with E-state index in [1.54, 1.807) is 7.11 Å². The first-order valence-corrected chi connectivity index (χ1v) is 10.9. The van der Waals surface area contributed by atoms with Crippen LogP contribution in [0.15, 0.2) is 51.9 Å². The van der Waals surface area contributed by atoms with E-state index in [4.69, 9.17) is 15.0 Å². The van der Waals surface area contributed by atoms with Crippen LogP contribution in [-0.4, -0.2) is 24.9 Å². The maximum atomic E-state index is 6.01. The van der Waals surface area contributed by atoms with Crippen LogP contribution in [0.4, 0.5) is 11.5 Å². The van der Waals surface area contributed by atoms with Crippen LogP contribution in [0, 0.1) is 0 Å². The molecule has 1 unspecified atom stereocenters. The van der Waals surface area contributed by atoms with Crippen molar-refractivity contribution >= 4 is 24.1 Å². The van der Waals surface area contributed by atoms with E-state index in [0.717, 1.165) is 34.9 Å². The summed E-state index contributed by atoms with van der Waals surface area (Å²) in [5, 5.41) is 4.00. The van der Waals surface area contributed by atoms with Gasteiger partial charge in [0.25, 0.3) is 0 Å². The zero-order valence-corrected chi connectivity index (χ0v) is 18.3. The second-order valence-electron chi connectivity index (χ2n) is 8.57. The molecule has 2 N–H and O–H groups in total. The van der Waals surface area contributed by atoms with Crippen molar-refractivity contribution in [2.45, 2.75) is 49.0 Å². The minimum Gasteiger partial charge on any atom is -0.496 e. The van der Waals surface area contributed by atoms with E-state index < -0.39 is 0 Å². The maximum Gasteiger partial charge on any atom is 0.172 e. The van der Waals surface area contributed by atoms with Gasteiger partial charge in [-0.25, -0.2) is 0 Å². The average molecular weight is 422 g/mol. The Labute approximate surface area is 182 Å². The topological polar surface area (TPSA) is 64.5 Å². The van der Waals surface area contributed by atoms with Crippen molar-refractivity contribution in [1.82, 2.24) is 5.16 Å². The van der Waals surface area contributed by atoms with Gasteiger partial charge in [0.1, 0.15) is 5.75 Å². The Morgan fingerprint density at radius 1 is 1.23 bits per heavy atom. The van der Waals surface area contributed by atoms with E-state index in [2.05, 4.69) is 47.8 Å². The summed E-state index contributed by atoms with van der Waals surface area (Å²) in [6.45, 7) is 3.43. The van der Waals surface area contributed by atoms with Crippen LogP contribution in [-0.2, 0) is 11.8 Å². The second-order valence-corrected chi connectivity index (χ2v) is 9.05. The molecule has 2 aromatic carbocycles. The molecule has 1 saturated carbocycles. The number of nitrogens with zero attached hydrogens (tertiary/aromatic N) is 2. The lowest BCUT2D eigenvalue weighted by Crippen LogP contribution is -2.45. The number of aromatic nitrogens is 1. The molecule has 0 radical (unpaired) electrons. The van der Waals surface area contributed by atoms with Gasteiger partial charge in [0.2, 0.25) is 0 Å². The molecular weight excluding hydrogens is 394 g/mol. The molecule has 2 heterocycles. The van der Waals surface area contributed by atoms with Crippen molar-refractivity contribution in [2.24, 2.45) is 0 Å². The number of nitrogens with two attached hydrogens (primary N) is 1. The van der Waals surface area contributed by atoms with Crippen LogP contribution in [0.25, 0.3) is 11.3 Å². The first kappa shape index (κ1) is 19.4. The molecule has 6 heteroatoms. The molecule has 3 aliphatic rings. The first-order valence-electron chi connectivity index (χ1n) is 10.5. The first-order chi connectivity index (χ1) is 14.5. The Kier molecular flexibility index (Phi) is 4.69. The Bertz CT molecular complexity index is 1090. The van der Waals surface area contributed by atoms with Crippen LogP contribution in [0.5, 0.6) is 5.75 Å². The summed E-state index contributed by atoms with van der Waals surface area (Å²) in [6.07, 6.45) is 4.78. The van der Waals surface area contributed by atoms with Gasteiger partial charge < -0.3 is 19.9 Å². The van der Waals surface area contributed by atoms with Gasteiger partial charge in [0.15, 0.2) is 11.6 Å². The smallest absolute Gasteiger partial charge is 0.172 e. The third kappa shape index (κ3) is 3.14. The molecule has 1 atom stereocenters. The molecule has 0 bridgehead atoms. The van der Waals surface area contributed by atoms with Gasteiger partial charge in [-0.15, -0.1) is 12.6 Å². The number of thiol groups is 1. The number of rotatable bonds is 2. The number of fused-ring (bicyclic) bond motifs is 4. The number of hydrogen-bond donors (Lipinski definition) is 2. The summed E-state index contributed by atoms with van der Waals surface area (Å²) in [5.41, 5.74) is 11.4. The molecule has 3 aromatic rings. The number of methoxy groups -OCH3 is 1. The minimum absolute atomic E-state index is 0.307.